The summed E-state index contributed by atoms with van der Waals surface area (Å²) in [7, 11) is 1.15. The molecule has 6 nitrogen and oxygen atoms in total. The second-order valence-corrected chi connectivity index (χ2v) is 3.15. The Hall–Kier alpha value is -2.18. The van der Waals surface area contributed by atoms with Crippen LogP contribution in [0.4, 0.5) is 10.1 Å². The number of benzene rings is 1. The summed E-state index contributed by atoms with van der Waals surface area (Å²) in [5.41, 5.74) is -0.415. The number of hydrogen-bond acceptors (Lipinski definition) is 5. The highest BCUT2D eigenvalue weighted by Crippen LogP contribution is 2.28. The molecule has 0 unspecified atom stereocenters. The van der Waals surface area contributed by atoms with Crippen molar-refractivity contribution in [2.75, 3.05) is 7.11 Å². The first-order chi connectivity index (χ1) is 7.95. The second-order valence-electron chi connectivity index (χ2n) is 3.15. The van der Waals surface area contributed by atoms with Crippen LogP contribution in [0.25, 0.3) is 0 Å². The average molecular weight is 243 g/mol. The van der Waals surface area contributed by atoms with E-state index in [0.29, 0.717) is 0 Å². The van der Waals surface area contributed by atoms with Gasteiger partial charge in [-0.1, -0.05) is 0 Å². The Bertz CT molecular complexity index is 448. The van der Waals surface area contributed by atoms with Gasteiger partial charge in [0.2, 0.25) is 5.75 Å². The average Bonchev–Trinajstić information content (AvgIpc) is 2.27. The fourth-order valence-corrected chi connectivity index (χ4v) is 1.14. The van der Waals surface area contributed by atoms with Crippen LogP contribution < -0.4 is 4.74 Å². The Kier molecular flexibility index (Phi) is 3.97. The highest BCUT2D eigenvalue weighted by molar-refractivity contribution is 5.74. The zero-order valence-corrected chi connectivity index (χ0v) is 9.18. The van der Waals surface area contributed by atoms with E-state index in [1.54, 1.807) is 0 Å². The number of methoxy groups -OCH3 is 1. The van der Waals surface area contributed by atoms with Gasteiger partial charge in [0.1, 0.15) is 5.82 Å². The Balaban J connectivity index is 3.00. The SMILES string of the molecule is COC(=O)[C@H](C)Oc1cc(F)ccc1[N+](=O)[O-]. The van der Waals surface area contributed by atoms with Crippen LogP contribution in [-0.4, -0.2) is 24.1 Å². The van der Waals surface area contributed by atoms with Crippen LogP contribution in [0, 0.1) is 15.9 Å². The van der Waals surface area contributed by atoms with E-state index in [9.17, 15) is 19.3 Å². The summed E-state index contributed by atoms with van der Waals surface area (Å²) >= 11 is 0. The minimum atomic E-state index is -1.06. The molecule has 1 atom stereocenters. The van der Waals surface area contributed by atoms with Crippen molar-refractivity contribution in [3.05, 3.63) is 34.1 Å². The molecule has 0 heterocycles. The molecule has 0 saturated heterocycles. The Morgan fingerprint density at radius 1 is 1.53 bits per heavy atom. The van der Waals surface area contributed by atoms with Crippen LogP contribution in [0.3, 0.4) is 0 Å². The number of nitro benzene ring substituents is 1. The number of carbonyl (C=O) groups excluding carboxylic acids is 1. The van der Waals surface area contributed by atoms with Crippen LogP contribution in [0.1, 0.15) is 6.92 Å². The molecule has 7 heteroatoms. The molecule has 0 aliphatic carbocycles. The van der Waals surface area contributed by atoms with E-state index in [4.69, 9.17) is 4.74 Å². The molecule has 0 N–H and O–H groups in total. The first kappa shape index (κ1) is 12.9. The van der Waals surface area contributed by atoms with Crippen LogP contribution in [0.5, 0.6) is 5.75 Å². The molecule has 1 rings (SSSR count). The van der Waals surface area contributed by atoms with Crippen molar-refractivity contribution in [1.29, 1.82) is 0 Å². The van der Waals surface area contributed by atoms with Gasteiger partial charge in [-0.05, 0) is 13.0 Å². The lowest BCUT2D eigenvalue weighted by molar-refractivity contribution is -0.386. The molecule has 0 radical (unpaired) electrons. The Labute approximate surface area is 96.1 Å². The largest absolute Gasteiger partial charge is 0.472 e. The zero-order chi connectivity index (χ0) is 13.0. The molecular formula is C10H10FNO5. The number of hydrogen-bond donors (Lipinski definition) is 0. The van der Waals surface area contributed by atoms with Crippen LogP contribution in [-0.2, 0) is 9.53 Å². The molecule has 0 fully saturated rings. The topological polar surface area (TPSA) is 78.7 Å². The molecule has 0 amide bonds. The third-order valence-electron chi connectivity index (χ3n) is 1.96. The van der Waals surface area contributed by atoms with Gasteiger partial charge in [-0.3, -0.25) is 10.1 Å². The summed E-state index contributed by atoms with van der Waals surface area (Å²) in [6.45, 7) is 1.35. The molecule has 0 aliphatic rings. The molecule has 0 aliphatic heterocycles. The molecule has 92 valence electrons. The van der Waals surface area contributed by atoms with Crippen molar-refractivity contribution in [1.82, 2.24) is 0 Å². The lowest BCUT2D eigenvalue weighted by atomic mass is 10.3. The lowest BCUT2D eigenvalue weighted by Gasteiger charge is -2.12. The first-order valence-corrected chi connectivity index (χ1v) is 4.64. The third kappa shape index (κ3) is 3.13. The molecule has 0 aromatic heterocycles. The van der Waals surface area contributed by atoms with Crippen molar-refractivity contribution >= 4 is 11.7 Å². The van der Waals surface area contributed by atoms with Gasteiger partial charge in [-0.2, -0.15) is 0 Å². The minimum Gasteiger partial charge on any atom is -0.472 e. The van der Waals surface area contributed by atoms with Crippen molar-refractivity contribution in [2.24, 2.45) is 0 Å². The minimum absolute atomic E-state index is 0.312. The molecule has 1 aromatic carbocycles. The van der Waals surface area contributed by atoms with Gasteiger partial charge in [0.05, 0.1) is 12.0 Å². The van der Waals surface area contributed by atoms with E-state index in [1.165, 1.54) is 6.92 Å². The maximum atomic E-state index is 12.9. The standard InChI is InChI=1S/C10H10FNO5/c1-6(10(13)16-2)17-9-5-7(11)3-4-8(9)12(14)15/h3-6H,1-2H3/t6-/m0/s1. The zero-order valence-electron chi connectivity index (χ0n) is 9.18. The fraction of sp³-hybridized carbons (Fsp3) is 0.300. The highest BCUT2D eigenvalue weighted by Gasteiger charge is 2.22. The molecule has 17 heavy (non-hydrogen) atoms. The quantitative estimate of drug-likeness (QED) is 0.456. The Morgan fingerprint density at radius 2 is 2.18 bits per heavy atom. The highest BCUT2D eigenvalue weighted by atomic mass is 19.1. The lowest BCUT2D eigenvalue weighted by Crippen LogP contribution is -2.25. The summed E-state index contributed by atoms with van der Waals surface area (Å²) in [5.74, 6) is -1.71. The van der Waals surface area contributed by atoms with Gasteiger partial charge < -0.3 is 9.47 Å². The summed E-state index contributed by atoms with van der Waals surface area (Å²) in [4.78, 5) is 21.0. The smallest absolute Gasteiger partial charge is 0.346 e. The van der Waals surface area contributed by atoms with Gasteiger partial charge in [0, 0.05) is 12.1 Å². The van der Waals surface area contributed by atoms with Crippen molar-refractivity contribution in [3.63, 3.8) is 0 Å². The maximum Gasteiger partial charge on any atom is 0.346 e. The number of ether oxygens (including phenoxy) is 2. The van der Waals surface area contributed by atoms with Crippen molar-refractivity contribution < 1.29 is 23.6 Å². The number of carbonyl (C=O) groups is 1. The molecule has 0 bridgehead atoms. The van der Waals surface area contributed by atoms with Crippen LogP contribution >= 0.6 is 0 Å². The maximum absolute atomic E-state index is 12.9. The number of rotatable bonds is 4. The van der Waals surface area contributed by atoms with Crippen LogP contribution in [0.2, 0.25) is 0 Å². The summed E-state index contributed by atoms with van der Waals surface area (Å²) in [5, 5.41) is 10.6. The van der Waals surface area contributed by atoms with Gasteiger partial charge in [0.25, 0.3) is 0 Å². The monoisotopic (exact) mass is 243 g/mol. The van der Waals surface area contributed by atoms with Crippen LogP contribution in [0.15, 0.2) is 18.2 Å². The summed E-state index contributed by atoms with van der Waals surface area (Å²) in [6, 6.07) is 2.75. The van der Waals surface area contributed by atoms with Crippen molar-refractivity contribution in [3.8, 4) is 5.75 Å². The predicted molar refractivity (Wildman–Crippen MR) is 55.2 cm³/mol. The molecular weight excluding hydrogens is 233 g/mol. The van der Waals surface area contributed by atoms with E-state index >= 15 is 0 Å². The van der Waals surface area contributed by atoms with Gasteiger partial charge in [-0.25, -0.2) is 9.18 Å². The normalized spacial score (nSPS) is 11.7. The number of nitro groups is 1. The van der Waals surface area contributed by atoms with E-state index in [-0.39, 0.29) is 5.75 Å². The van der Waals surface area contributed by atoms with E-state index in [0.717, 1.165) is 25.3 Å². The first-order valence-electron chi connectivity index (χ1n) is 4.64. The van der Waals surface area contributed by atoms with E-state index < -0.39 is 28.5 Å². The molecule has 1 aromatic rings. The van der Waals surface area contributed by atoms with Gasteiger partial charge in [-0.15, -0.1) is 0 Å². The Morgan fingerprint density at radius 3 is 2.71 bits per heavy atom. The van der Waals surface area contributed by atoms with E-state index in [2.05, 4.69) is 4.74 Å². The van der Waals surface area contributed by atoms with E-state index in [1.807, 2.05) is 0 Å². The number of halogens is 1. The summed E-state index contributed by atoms with van der Waals surface area (Å²) < 4.78 is 22.3. The fourth-order valence-electron chi connectivity index (χ4n) is 1.14. The third-order valence-corrected chi connectivity index (χ3v) is 1.96. The number of esters is 1. The second kappa shape index (κ2) is 5.24. The van der Waals surface area contributed by atoms with Gasteiger partial charge in [0.15, 0.2) is 6.10 Å². The predicted octanol–water partition coefficient (Wildman–Crippen LogP) is 1.67. The molecule has 0 saturated carbocycles. The molecule has 0 spiro atoms. The summed E-state index contributed by atoms with van der Waals surface area (Å²) in [6.07, 6.45) is -1.06. The van der Waals surface area contributed by atoms with Gasteiger partial charge >= 0.3 is 11.7 Å². The number of nitrogens with zero attached hydrogens (tertiary/aromatic N) is 1. The van der Waals surface area contributed by atoms with Crippen molar-refractivity contribution in [2.45, 2.75) is 13.0 Å².